The van der Waals surface area contributed by atoms with E-state index in [1.165, 1.54) is 5.56 Å². The Bertz CT molecular complexity index is 863. The molecule has 1 aromatic carbocycles. The summed E-state index contributed by atoms with van der Waals surface area (Å²) in [5, 5.41) is 3.11. The highest BCUT2D eigenvalue weighted by molar-refractivity contribution is 5.92. The Balaban J connectivity index is 1.26. The fourth-order valence-corrected chi connectivity index (χ4v) is 4.39. The Hall–Kier alpha value is -2.51. The van der Waals surface area contributed by atoms with Crippen molar-refractivity contribution in [2.24, 2.45) is 5.92 Å². The van der Waals surface area contributed by atoms with E-state index in [2.05, 4.69) is 49.2 Å². The minimum absolute atomic E-state index is 0.0344. The van der Waals surface area contributed by atoms with E-state index in [4.69, 9.17) is 0 Å². The predicted octanol–water partition coefficient (Wildman–Crippen LogP) is 2.70. The lowest BCUT2D eigenvalue weighted by atomic mass is 9.96. The van der Waals surface area contributed by atoms with Crippen molar-refractivity contribution in [3.63, 3.8) is 0 Å². The maximum atomic E-state index is 12.8. The van der Waals surface area contributed by atoms with Gasteiger partial charge < -0.3 is 15.1 Å². The van der Waals surface area contributed by atoms with Crippen molar-refractivity contribution in [3.05, 3.63) is 47.3 Å². The van der Waals surface area contributed by atoms with Gasteiger partial charge in [0, 0.05) is 68.8 Å². The summed E-state index contributed by atoms with van der Waals surface area (Å²) in [4.78, 5) is 28.9. The van der Waals surface area contributed by atoms with Gasteiger partial charge in [0.1, 0.15) is 0 Å². The number of hydrogen-bond donors (Lipinski definition) is 1. The number of piperazine rings is 1. The molecule has 1 N–H and O–H groups in total. The number of likely N-dealkylation sites (N-methyl/N-ethyl adjacent to an activating group) is 1. The molecule has 0 saturated carbocycles. The Kier molecular flexibility index (Phi) is 6.83. The van der Waals surface area contributed by atoms with Crippen LogP contribution in [0.2, 0.25) is 0 Å². The molecule has 0 radical (unpaired) electrons. The molecule has 2 aromatic rings. The highest BCUT2D eigenvalue weighted by Gasteiger charge is 2.26. The SMILES string of the molecule is Cc1cc(C)nc(N2CCC(C(=O)Nc3ccc(CN4CCN(C)CC4)cc3)CC2)n1. The van der Waals surface area contributed by atoms with Gasteiger partial charge in [0.25, 0.3) is 0 Å². The van der Waals surface area contributed by atoms with E-state index in [1.807, 2.05) is 32.0 Å². The molecule has 2 aliphatic heterocycles. The number of amides is 1. The number of aromatic nitrogens is 2. The first-order chi connectivity index (χ1) is 15.0. The summed E-state index contributed by atoms with van der Waals surface area (Å²) in [5.74, 6) is 0.937. The van der Waals surface area contributed by atoms with E-state index in [0.29, 0.717) is 0 Å². The Labute approximate surface area is 185 Å². The van der Waals surface area contributed by atoms with Gasteiger partial charge in [-0.2, -0.15) is 0 Å². The van der Waals surface area contributed by atoms with Crippen molar-refractivity contribution in [2.75, 3.05) is 56.5 Å². The van der Waals surface area contributed by atoms with Crippen LogP contribution < -0.4 is 10.2 Å². The second kappa shape index (κ2) is 9.75. The third-order valence-corrected chi connectivity index (χ3v) is 6.34. The summed E-state index contributed by atoms with van der Waals surface area (Å²) < 4.78 is 0. The highest BCUT2D eigenvalue weighted by Crippen LogP contribution is 2.23. The zero-order valence-electron chi connectivity index (χ0n) is 19.0. The van der Waals surface area contributed by atoms with Gasteiger partial charge in [-0.1, -0.05) is 12.1 Å². The molecule has 0 spiro atoms. The first kappa shape index (κ1) is 21.7. The lowest BCUT2D eigenvalue weighted by Gasteiger charge is -2.32. The first-order valence-corrected chi connectivity index (χ1v) is 11.3. The van der Waals surface area contributed by atoms with E-state index in [1.54, 1.807) is 0 Å². The number of carbonyl (C=O) groups excluding carboxylic acids is 1. The number of nitrogens with one attached hydrogen (secondary N) is 1. The molecule has 2 saturated heterocycles. The maximum absolute atomic E-state index is 12.8. The van der Waals surface area contributed by atoms with Gasteiger partial charge in [-0.15, -0.1) is 0 Å². The van der Waals surface area contributed by atoms with E-state index >= 15 is 0 Å². The molecule has 3 heterocycles. The fourth-order valence-electron chi connectivity index (χ4n) is 4.39. The summed E-state index contributed by atoms with van der Waals surface area (Å²) in [5.41, 5.74) is 4.15. The number of anilines is 2. The van der Waals surface area contributed by atoms with Gasteiger partial charge in [-0.3, -0.25) is 9.69 Å². The minimum atomic E-state index is 0.0344. The van der Waals surface area contributed by atoms with E-state index in [0.717, 1.165) is 81.7 Å². The number of benzene rings is 1. The van der Waals surface area contributed by atoms with Gasteiger partial charge in [-0.25, -0.2) is 9.97 Å². The molecular formula is C24H34N6O. The second-order valence-electron chi connectivity index (χ2n) is 8.98. The van der Waals surface area contributed by atoms with Crippen LogP contribution in [0.15, 0.2) is 30.3 Å². The first-order valence-electron chi connectivity index (χ1n) is 11.3. The second-order valence-corrected chi connectivity index (χ2v) is 8.98. The van der Waals surface area contributed by atoms with Gasteiger partial charge in [0.15, 0.2) is 0 Å². The average molecular weight is 423 g/mol. The van der Waals surface area contributed by atoms with Crippen LogP contribution >= 0.6 is 0 Å². The Morgan fingerprint density at radius 3 is 2.19 bits per heavy atom. The molecule has 7 nitrogen and oxygen atoms in total. The quantitative estimate of drug-likeness (QED) is 0.799. The van der Waals surface area contributed by atoms with Gasteiger partial charge in [-0.05, 0) is 57.5 Å². The topological polar surface area (TPSA) is 64.6 Å². The number of piperidine rings is 1. The molecule has 0 unspecified atom stereocenters. The summed E-state index contributed by atoms with van der Waals surface area (Å²) in [6.45, 7) is 11.1. The van der Waals surface area contributed by atoms with Crippen molar-refractivity contribution >= 4 is 17.5 Å². The Morgan fingerprint density at radius 1 is 0.968 bits per heavy atom. The monoisotopic (exact) mass is 422 g/mol. The number of rotatable bonds is 5. The minimum Gasteiger partial charge on any atom is -0.341 e. The number of hydrogen-bond acceptors (Lipinski definition) is 6. The van der Waals surface area contributed by atoms with E-state index < -0.39 is 0 Å². The van der Waals surface area contributed by atoms with Crippen LogP contribution in [0, 0.1) is 19.8 Å². The van der Waals surface area contributed by atoms with Crippen LogP contribution in [0.3, 0.4) is 0 Å². The largest absolute Gasteiger partial charge is 0.341 e. The molecule has 0 atom stereocenters. The molecule has 31 heavy (non-hydrogen) atoms. The van der Waals surface area contributed by atoms with Gasteiger partial charge in [0.2, 0.25) is 11.9 Å². The predicted molar refractivity (Wildman–Crippen MR) is 124 cm³/mol. The standard InChI is InChI=1S/C24H34N6O/c1-18-16-19(2)26-24(25-18)30-10-8-21(9-11-30)23(31)27-22-6-4-20(5-7-22)17-29-14-12-28(3)13-15-29/h4-7,16,21H,8-15,17H2,1-3H3,(H,27,31). The van der Waals surface area contributed by atoms with Crippen LogP contribution in [-0.4, -0.2) is 72.0 Å². The fraction of sp³-hybridized carbons (Fsp3) is 0.542. The number of carbonyl (C=O) groups is 1. The number of nitrogens with zero attached hydrogens (tertiary/aromatic N) is 5. The third-order valence-electron chi connectivity index (χ3n) is 6.34. The number of aryl methyl sites for hydroxylation is 2. The smallest absolute Gasteiger partial charge is 0.227 e. The zero-order chi connectivity index (χ0) is 21.8. The van der Waals surface area contributed by atoms with Gasteiger partial charge in [0.05, 0.1) is 0 Å². The van der Waals surface area contributed by atoms with Crippen LogP contribution in [-0.2, 0) is 11.3 Å². The summed E-state index contributed by atoms with van der Waals surface area (Å²) in [7, 11) is 2.18. The highest BCUT2D eigenvalue weighted by atomic mass is 16.1. The molecule has 2 aliphatic rings. The van der Waals surface area contributed by atoms with E-state index in [9.17, 15) is 4.79 Å². The lowest BCUT2D eigenvalue weighted by molar-refractivity contribution is -0.120. The third kappa shape index (κ3) is 5.80. The summed E-state index contributed by atoms with van der Waals surface area (Å²) >= 11 is 0. The molecule has 0 aliphatic carbocycles. The summed E-state index contributed by atoms with van der Waals surface area (Å²) in [6.07, 6.45) is 1.65. The zero-order valence-corrected chi connectivity index (χ0v) is 19.0. The van der Waals surface area contributed by atoms with Crippen molar-refractivity contribution in [3.8, 4) is 0 Å². The van der Waals surface area contributed by atoms with Crippen molar-refractivity contribution in [2.45, 2.75) is 33.2 Å². The van der Waals surface area contributed by atoms with Crippen molar-refractivity contribution < 1.29 is 4.79 Å². The maximum Gasteiger partial charge on any atom is 0.227 e. The molecule has 2 fully saturated rings. The van der Waals surface area contributed by atoms with Crippen LogP contribution in [0.25, 0.3) is 0 Å². The lowest BCUT2D eigenvalue weighted by Crippen LogP contribution is -2.43. The normalized spacial score (nSPS) is 18.9. The molecular weight excluding hydrogens is 388 g/mol. The van der Waals surface area contributed by atoms with Crippen molar-refractivity contribution in [1.82, 2.24) is 19.8 Å². The molecule has 1 aromatic heterocycles. The summed E-state index contributed by atoms with van der Waals surface area (Å²) in [6, 6.07) is 10.3. The average Bonchev–Trinajstić information content (AvgIpc) is 2.76. The van der Waals surface area contributed by atoms with Crippen LogP contribution in [0.4, 0.5) is 11.6 Å². The molecule has 166 valence electrons. The van der Waals surface area contributed by atoms with Crippen molar-refractivity contribution in [1.29, 1.82) is 0 Å². The molecule has 1 amide bonds. The van der Waals surface area contributed by atoms with E-state index in [-0.39, 0.29) is 11.8 Å². The van der Waals surface area contributed by atoms with Crippen LogP contribution in [0.5, 0.6) is 0 Å². The Morgan fingerprint density at radius 2 is 1.58 bits per heavy atom. The molecule has 7 heteroatoms. The molecule has 0 bridgehead atoms. The van der Waals surface area contributed by atoms with Crippen LogP contribution in [0.1, 0.15) is 29.8 Å². The van der Waals surface area contributed by atoms with Gasteiger partial charge >= 0.3 is 0 Å². The molecule has 4 rings (SSSR count).